The predicted octanol–water partition coefficient (Wildman–Crippen LogP) is 3.31. The van der Waals surface area contributed by atoms with Gasteiger partial charge < -0.3 is 10.6 Å². The Hall–Kier alpha value is -2.10. The largest absolute Gasteiger partial charge is 0.373 e. The summed E-state index contributed by atoms with van der Waals surface area (Å²) in [4.78, 5) is 8.68. The molecule has 0 aliphatic heterocycles. The third-order valence-corrected chi connectivity index (χ3v) is 3.04. The van der Waals surface area contributed by atoms with Crippen LogP contribution < -0.4 is 10.6 Å². The molecule has 0 saturated carbocycles. The third kappa shape index (κ3) is 3.44. The molecule has 0 aliphatic rings. The van der Waals surface area contributed by atoms with Crippen molar-refractivity contribution in [1.29, 1.82) is 0 Å². The number of hydrogen-bond donors (Lipinski definition) is 2. The molecule has 4 nitrogen and oxygen atoms in total. The molecule has 0 bridgehead atoms. The second kappa shape index (κ2) is 5.69. The molecule has 0 amide bonds. The Bertz CT molecular complexity index is 549. The Balaban J connectivity index is 2.16. The van der Waals surface area contributed by atoms with Crippen molar-refractivity contribution in [3.63, 3.8) is 0 Å². The lowest BCUT2D eigenvalue weighted by atomic mass is 10.1. The first kappa shape index (κ1) is 13.3. The standard InChI is InChI=1S/C15H20N4/c1-10-5-7-13(8-6-10)11(2)17-15-9-14(16-4)18-12(3)19-15/h5-9,11H,1-4H3,(H2,16,17,18,19). The van der Waals surface area contributed by atoms with Crippen molar-refractivity contribution >= 4 is 11.6 Å². The van der Waals surface area contributed by atoms with Gasteiger partial charge >= 0.3 is 0 Å². The van der Waals surface area contributed by atoms with Crippen molar-refractivity contribution in [2.24, 2.45) is 0 Å². The molecular formula is C15H20N4. The highest BCUT2D eigenvalue weighted by Crippen LogP contribution is 2.19. The van der Waals surface area contributed by atoms with Crippen molar-refractivity contribution in [1.82, 2.24) is 9.97 Å². The molecule has 1 unspecified atom stereocenters. The Morgan fingerprint density at radius 3 is 2.26 bits per heavy atom. The molecule has 19 heavy (non-hydrogen) atoms. The highest BCUT2D eigenvalue weighted by Gasteiger charge is 2.07. The van der Waals surface area contributed by atoms with Gasteiger partial charge in [-0.05, 0) is 26.3 Å². The Morgan fingerprint density at radius 2 is 1.63 bits per heavy atom. The maximum atomic E-state index is 4.40. The van der Waals surface area contributed by atoms with Crippen LogP contribution in [0.4, 0.5) is 11.6 Å². The van der Waals surface area contributed by atoms with Gasteiger partial charge in [0.05, 0.1) is 0 Å². The van der Waals surface area contributed by atoms with Crippen LogP contribution in [0.5, 0.6) is 0 Å². The number of nitrogens with one attached hydrogen (secondary N) is 2. The summed E-state index contributed by atoms with van der Waals surface area (Å²) >= 11 is 0. The number of hydrogen-bond acceptors (Lipinski definition) is 4. The summed E-state index contributed by atoms with van der Waals surface area (Å²) in [5, 5.41) is 6.44. The van der Waals surface area contributed by atoms with Crippen LogP contribution in [0.2, 0.25) is 0 Å². The Labute approximate surface area is 114 Å². The summed E-state index contributed by atoms with van der Waals surface area (Å²) in [5.41, 5.74) is 2.51. The minimum Gasteiger partial charge on any atom is -0.373 e. The molecule has 4 heteroatoms. The van der Waals surface area contributed by atoms with Crippen LogP contribution in [0.15, 0.2) is 30.3 Å². The van der Waals surface area contributed by atoms with E-state index in [0.29, 0.717) is 0 Å². The lowest BCUT2D eigenvalue weighted by Gasteiger charge is -2.16. The molecule has 0 spiro atoms. The van der Waals surface area contributed by atoms with Crippen LogP contribution in [-0.4, -0.2) is 17.0 Å². The zero-order valence-electron chi connectivity index (χ0n) is 11.9. The van der Waals surface area contributed by atoms with Crippen LogP contribution in [-0.2, 0) is 0 Å². The van der Waals surface area contributed by atoms with E-state index in [1.807, 2.05) is 20.0 Å². The molecule has 1 aromatic carbocycles. The quantitative estimate of drug-likeness (QED) is 0.881. The lowest BCUT2D eigenvalue weighted by molar-refractivity contribution is 0.867. The van der Waals surface area contributed by atoms with Crippen LogP contribution in [0.3, 0.4) is 0 Å². The second-order valence-corrected chi connectivity index (χ2v) is 4.71. The highest BCUT2D eigenvalue weighted by molar-refractivity contribution is 5.48. The molecule has 0 fully saturated rings. The molecule has 1 heterocycles. The maximum absolute atomic E-state index is 4.40. The van der Waals surface area contributed by atoms with Gasteiger partial charge in [-0.1, -0.05) is 29.8 Å². The van der Waals surface area contributed by atoms with Crippen LogP contribution >= 0.6 is 0 Å². The van der Waals surface area contributed by atoms with E-state index in [2.05, 4.69) is 58.7 Å². The summed E-state index contributed by atoms with van der Waals surface area (Å²) in [5.74, 6) is 2.42. The van der Waals surface area contributed by atoms with E-state index >= 15 is 0 Å². The van der Waals surface area contributed by atoms with Gasteiger partial charge in [0.1, 0.15) is 17.5 Å². The van der Waals surface area contributed by atoms with E-state index in [0.717, 1.165) is 17.5 Å². The van der Waals surface area contributed by atoms with E-state index < -0.39 is 0 Å². The number of aryl methyl sites for hydroxylation is 2. The number of benzene rings is 1. The molecule has 2 N–H and O–H groups in total. The summed E-state index contributed by atoms with van der Waals surface area (Å²) in [6.07, 6.45) is 0. The first-order chi connectivity index (χ1) is 9.08. The fourth-order valence-corrected chi connectivity index (χ4v) is 1.93. The monoisotopic (exact) mass is 256 g/mol. The summed E-state index contributed by atoms with van der Waals surface area (Å²) in [6.45, 7) is 6.11. The SMILES string of the molecule is CNc1cc(NC(C)c2ccc(C)cc2)nc(C)n1. The molecule has 0 radical (unpaired) electrons. The summed E-state index contributed by atoms with van der Waals surface area (Å²) in [6, 6.07) is 10.6. The molecule has 2 rings (SSSR count). The number of nitrogens with zero attached hydrogens (tertiary/aromatic N) is 2. The highest BCUT2D eigenvalue weighted by atomic mass is 15.1. The maximum Gasteiger partial charge on any atom is 0.132 e. The van der Waals surface area contributed by atoms with Crippen LogP contribution in [0.1, 0.15) is 29.9 Å². The first-order valence-corrected chi connectivity index (χ1v) is 6.45. The second-order valence-electron chi connectivity index (χ2n) is 4.71. The smallest absolute Gasteiger partial charge is 0.132 e. The number of aromatic nitrogens is 2. The zero-order valence-corrected chi connectivity index (χ0v) is 11.9. The topological polar surface area (TPSA) is 49.8 Å². The van der Waals surface area contributed by atoms with Crippen molar-refractivity contribution in [2.45, 2.75) is 26.8 Å². The van der Waals surface area contributed by atoms with Crippen molar-refractivity contribution in [3.8, 4) is 0 Å². The van der Waals surface area contributed by atoms with Gasteiger partial charge in [0.25, 0.3) is 0 Å². The van der Waals surface area contributed by atoms with Crippen molar-refractivity contribution < 1.29 is 0 Å². The van der Waals surface area contributed by atoms with Gasteiger partial charge in [0, 0.05) is 19.2 Å². The first-order valence-electron chi connectivity index (χ1n) is 6.45. The van der Waals surface area contributed by atoms with E-state index in [9.17, 15) is 0 Å². The van der Waals surface area contributed by atoms with E-state index in [1.165, 1.54) is 11.1 Å². The molecule has 1 atom stereocenters. The third-order valence-electron chi connectivity index (χ3n) is 3.04. The van der Waals surface area contributed by atoms with Crippen molar-refractivity contribution in [3.05, 3.63) is 47.3 Å². The zero-order chi connectivity index (χ0) is 13.8. The van der Waals surface area contributed by atoms with E-state index in [1.54, 1.807) is 0 Å². The van der Waals surface area contributed by atoms with Gasteiger partial charge in [0.2, 0.25) is 0 Å². The Morgan fingerprint density at radius 1 is 1.00 bits per heavy atom. The normalized spacial score (nSPS) is 12.0. The van der Waals surface area contributed by atoms with Gasteiger partial charge in [-0.2, -0.15) is 0 Å². The fraction of sp³-hybridized carbons (Fsp3) is 0.333. The molecule has 1 aromatic heterocycles. The minimum atomic E-state index is 0.208. The molecule has 0 aliphatic carbocycles. The molecule has 2 aromatic rings. The number of rotatable bonds is 4. The Kier molecular flexibility index (Phi) is 4.00. The minimum absolute atomic E-state index is 0.208. The molecule has 0 saturated heterocycles. The van der Waals surface area contributed by atoms with Gasteiger partial charge in [0.15, 0.2) is 0 Å². The van der Waals surface area contributed by atoms with E-state index in [-0.39, 0.29) is 6.04 Å². The average molecular weight is 256 g/mol. The van der Waals surface area contributed by atoms with E-state index in [4.69, 9.17) is 0 Å². The predicted molar refractivity (Wildman–Crippen MR) is 79.5 cm³/mol. The van der Waals surface area contributed by atoms with Gasteiger partial charge in [-0.15, -0.1) is 0 Å². The number of anilines is 2. The van der Waals surface area contributed by atoms with Crippen molar-refractivity contribution in [2.75, 3.05) is 17.7 Å². The van der Waals surface area contributed by atoms with Gasteiger partial charge in [-0.3, -0.25) is 0 Å². The van der Waals surface area contributed by atoms with Gasteiger partial charge in [-0.25, -0.2) is 9.97 Å². The molecular weight excluding hydrogens is 236 g/mol. The van der Waals surface area contributed by atoms with Crippen LogP contribution in [0, 0.1) is 13.8 Å². The van der Waals surface area contributed by atoms with Crippen LogP contribution in [0.25, 0.3) is 0 Å². The summed E-state index contributed by atoms with van der Waals surface area (Å²) < 4.78 is 0. The lowest BCUT2D eigenvalue weighted by Crippen LogP contribution is -2.09. The average Bonchev–Trinajstić information content (AvgIpc) is 2.38. The molecule has 100 valence electrons. The summed E-state index contributed by atoms with van der Waals surface area (Å²) in [7, 11) is 1.86. The fourth-order valence-electron chi connectivity index (χ4n) is 1.93.